The molecule has 5 rings (SSSR count). The highest BCUT2D eigenvalue weighted by atomic mass is 32.2. The molecule has 3 aromatic carbocycles. The summed E-state index contributed by atoms with van der Waals surface area (Å²) in [6.45, 7) is -0.183. The molecule has 202 valence electrons. The Hall–Kier alpha value is -4.09. The minimum atomic E-state index is -3.94. The van der Waals surface area contributed by atoms with Crippen molar-refractivity contribution < 1.29 is 18.0 Å². The van der Waals surface area contributed by atoms with E-state index in [4.69, 9.17) is 5.14 Å². The molecule has 0 spiro atoms. The van der Waals surface area contributed by atoms with Crippen LogP contribution in [-0.4, -0.2) is 41.3 Å². The third kappa shape index (κ3) is 5.99. The molecule has 1 heterocycles. The molecule has 11 heteroatoms. The fourth-order valence-electron chi connectivity index (χ4n) is 5.05. The van der Waals surface area contributed by atoms with Crippen molar-refractivity contribution in [3.05, 3.63) is 84.4 Å². The number of hydrogen-bond acceptors (Lipinski definition) is 6. The number of aromatic nitrogens is 3. The molecular formula is C28H30N6O4S. The van der Waals surface area contributed by atoms with Gasteiger partial charge in [0.05, 0.1) is 10.4 Å². The van der Waals surface area contributed by atoms with Gasteiger partial charge >= 0.3 is 0 Å². The fourth-order valence-corrected chi connectivity index (χ4v) is 5.57. The van der Waals surface area contributed by atoms with Crippen LogP contribution in [-0.2, 0) is 26.2 Å². The minimum absolute atomic E-state index is 0.0263. The van der Waals surface area contributed by atoms with Crippen molar-refractivity contribution in [3.63, 3.8) is 0 Å². The number of anilines is 1. The summed E-state index contributed by atoms with van der Waals surface area (Å²) in [5.74, 6) is -0.720. The standard InChI is InChI=1S/C28H30N6O4S/c29-39(37,38)23-17-15-22(16-18-23)34(26(35)19-33-25-14-8-7-13-24(25)31-32-33)27(20-9-3-1-4-10-20)28(36)30-21-11-5-2-6-12-21/h1,3-4,7-10,13-18,21,27H,2,5-6,11-12,19H2,(H,30,36)(H2,29,37,38). The second kappa shape index (κ2) is 11.3. The number of primary sulfonamides is 1. The summed E-state index contributed by atoms with van der Waals surface area (Å²) < 4.78 is 25.3. The van der Waals surface area contributed by atoms with Crippen LogP contribution in [0.4, 0.5) is 5.69 Å². The molecule has 1 aromatic heterocycles. The smallest absolute Gasteiger partial charge is 0.249 e. The van der Waals surface area contributed by atoms with Crippen molar-refractivity contribution >= 4 is 38.6 Å². The average Bonchev–Trinajstić information content (AvgIpc) is 3.34. The number of hydrogen-bond donors (Lipinski definition) is 2. The van der Waals surface area contributed by atoms with Gasteiger partial charge in [0.2, 0.25) is 21.8 Å². The molecule has 0 aliphatic heterocycles. The fraction of sp³-hybridized carbons (Fsp3) is 0.286. The van der Waals surface area contributed by atoms with Crippen LogP contribution in [0.25, 0.3) is 11.0 Å². The molecule has 0 bridgehead atoms. The highest BCUT2D eigenvalue weighted by molar-refractivity contribution is 7.89. The van der Waals surface area contributed by atoms with E-state index in [9.17, 15) is 18.0 Å². The number of sulfonamides is 1. The van der Waals surface area contributed by atoms with Crippen molar-refractivity contribution in [2.45, 2.75) is 55.6 Å². The van der Waals surface area contributed by atoms with Gasteiger partial charge in [0.25, 0.3) is 0 Å². The van der Waals surface area contributed by atoms with Crippen LogP contribution in [0.5, 0.6) is 0 Å². The van der Waals surface area contributed by atoms with Crippen molar-refractivity contribution in [3.8, 4) is 0 Å². The predicted octanol–water partition coefficient (Wildman–Crippen LogP) is 3.30. The van der Waals surface area contributed by atoms with Gasteiger partial charge in [-0.2, -0.15) is 0 Å². The van der Waals surface area contributed by atoms with E-state index >= 15 is 0 Å². The first-order valence-electron chi connectivity index (χ1n) is 12.9. The van der Waals surface area contributed by atoms with E-state index in [1.807, 2.05) is 36.4 Å². The SMILES string of the molecule is NS(=O)(=O)c1ccc(N(C(=O)Cn2nnc3ccccc32)C(C(=O)NC2CCCCC2)c2ccccc2)cc1. The number of nitrogens with zero attached hydrogens (tertiary/aromatic N) is 4. The molecule has 1 atom stereocenters. The Kier molecular flexibility index (Phi) is 7.71. The highest BCUT2D eigenvalue weighted by Crippen LogP contribution is 2.30. The first-order valence-corrected chi connectivity index (χ1v) is 14.4. The van der Waals surface area contributed by atoms with Crippen LogP contribution < -0.4 is 15.4 Å². The van der Waals surface area contributed by atoms with Gasteiger partial charge in [-0.25, -0.2) is 18.2 Å². The maximum absolute atomic E-state index is 14.1. The summed E-state index contributed by atoms with van der Waals surface area (Å²) in [4.78, 5) is 29.3. The summed E-state index contributed by atoms with van der Waals surface area (Å²) in [6, 6.07) is 21.0. The molecule has 1 saturated carbocycles. The van der Waals surface area contributed by atoms with Crippen molar-refractivity contribution in [1.29, 1.82) is 0 Å². The van der Waals surface area contributed by atoms with Crippen LogP contribution in [0, 0.1) is 0 Å². The molecule has 2 amide bonds. The third-order valence-corrected chi connectivity index (χ3v) is 7.92. The number of carbonyl (C=O) groups is 2. The normalized spacial score (nSPS) is 15.1. The van der Waals surface area contributed by atoms with Crippen LogP contribution in [0.1, 0.15) is 43.7 Å². The highest BCUT2D eigenvalue weighted by Gasteiger charge is 2.34. The molecular weight excluding hydrogens is 516 g/mol. The molecule has 0 radical (unpaired) electrons. The first-order chi connectivity index (χ1) is 18.8. The Morgan fingerprint density at radius 1 is 0.949 bits per heavy atom. The van der Waals surface area contributed by atoms with Crippen molar-refractivity contribution in [1.82, 2.24) is 20.3 Å². The van der Waals surface area contributed by atoms with Gasteiger partial charge in [-0.05, 0) is 54.8 Å². The molecule has 3 N–H and O–H groups in total. The number of carbonyl (C=O) groups excluding carboxylic acids is 2. The lowest BCUT2D eigenvalue weighted by atomic mass is 9.94. The quantitative estimate of drug-likeness (QED) is 0.348. The summed E-state index contributed by atoms with van der Waals surface area (Å²) in [7, 11) is -3.94. The molecule has 39 heavy (non-hydrogen) atoms. The minimum Gasteiger partial charge on any atom is -0.351 e. The van der Waals surface area contributed by atoms with E-state index in [1.54, 1.807) is 18.2 Å². The lowest BCUT2D eigenvalue weighted by Gasteiger charge is -2.33. The van der Waals surface area contributed by atoms with E-state index in [0.29, 0.717) is 22.3 Å². The maximum Gasteiger partial charge on any atom is 0.249 e. The molecule has 10 nitrogen and oxygen atoms in total. The third-order valence-electron chi connectivity index (χ3n) is 6.99. The first kappa shape index (κ1) is 26.5. The van der Waals surface area contributed by atoms with Gasteiger partial charge in [0, 0.05) is 11.7 Å². The zero-order valence-corrected chi connectivity index (χ0v) is 22.1. The molecule has 4 aromatic rings. The van der Waals surface area contributed by atoms with Crippen LogP contribution >= 0.6 is 0 Å². The van der Waals surface area contributed by atoms with E-state index in [-0.39, 0.29) is 23.4 Å². The predicted molar refractivity (Wildman–Crippen MR) is 147 cm³/mol. The molecule has 1 unspecified atom stereocenters. The molecule has 1 aliphatic rings. The topological polar surface area (TPSA) is 140 Å². The summed E-state index contributed by atoms with van der Waals surface area (Å²) in [5.41, 5.74) is 2.30. The van der Waals surface area contributed by atoms with Gasteiger partial charge in [-0.15, -0.1) is 5.10 Å². The van der Waals surface area contributed by atoms with Gasteiger partial charge in [-0.3, -0.25) is 14.5 Å². The van der Waals surface area contributed by atoms with Gasteiger partial charge < -0.3 is 5.32 Å². The maximum atomic E-state index is 14.1. The summed E-state index contributed by atoms with van der Waals surface area (Å²) in [6.07, 6.45) is 4.99. The Morgan fingerprint density at radius 3 is 2.31 bits per heavy atom. The molecule has 1 aliphatic carbocycles. The monoisotopic (exact) mass is 546 g/mol. The van der Waals surface area contributed by atoms with Crippen molar-refractivity contribution in [2.75, 3.05) is 4.90 Å². The van der Waals surface area contributed by atoms with E-state index in [0.717, 1.165) is 32.1 Å². The number of rotatable bonds is 8. The Balaban J connectivity index is 1.57. The second-order valence-corrected chi connectivity index (χ2v) is 11.3. The molecule has 0 saturated heterocycles. The van der Waals surface area contributed by atoms with Crippen LogP contribution in [0.15, 0.2) is 83.8 Å². The number of para-hydroxylation sites is 1. The van der Waals surface area contributed by atoms with Crippen LogP contribution in [0.2, 0.25) is 0 Å². The number of nitrogens with two attached hydrogens (primary N) is 1. The van der Waals surface area contributed by atoms with Crippen molar-refractivity contribution in [2.24, 2.45) is 5.14 Å². The van der Waals surface area contributed by atoms with Gasteiger partial charge in [0.1, 0.15) is 18.1 Å². The summed E-state index contributed by atoms with van der Waals surface area (Å²) >= 11 is 0. The Morgan fingerprint density at radius 2 is 1.62 bits per heavy atom. The average molecular weight is 547 g/mol. The van der Waals surface area contributed by atoms with Gasteiger partial charge in [-0.1, -0.05) is 66.9 Å². The van der Waals surface area contributed by atoms with E-state index in [2.05, 4.69) is 15.6 Å². The van der Waals surface area contributed by atoms with Gasteiger partial charge in [0.15, 0.2) is 0 Å². The van der Waals surface area contributed by atoms with E-state index < -0.39 is 22.0 Å². The molecule has 1 fully saturated rings. The zero-order chi connectivity index (χ0) is 27.4. The number of benzene rings is 3. The number of nitrogens with one attached hydrogen (secondary N) is 1. The Bertz CT molecular complexity index is 1560. The second-order valence-electron chi connectivity index (χ2n) is 9.70. The van der Waals surface area contributed by atoms with Crippen LogP contribution in [0.3, 0.4) is 0 Å². The summed E-state index contributed by atoms with van der Waals surface area (Å²) in [5, 5.41) is 16.8. The van der Waals surface area contributed by atoms with E-state index in [1.165, 1.54) is 33.8 Å². The largest absolute Gasteiger partial charge is 0.351 e. The number of amides is 2. The Labute approximate surface area is 226 Å². The lowest BCUT2D eigenvalue weighted by molar-refractivity contribution is -0.127. The zero-order valence-electron chi connectivity index (χ0n) is 21.3. The lowest BCUT2D eigenvalue weighted by Crippen LogP contribution is -2.48. The number of fused-ring (bicyclic) bond motifs is 1.